The Morgan fingerprint density at radius 2 is 2.32 bits per heavy atom. The molecule has 0 aliphatic heterocycles. The minimum absolute atomic E-state index is 0.0295. The molecule has 2 unspecified atom stereocenters. The molecule has 0 radical (unpaired) electrons. The second kappa shape index (κ2) is 4.53. The minimum Gasteiger partial charge on any atom is -0.424 e. The van der Waals surface area contributed by atoms with Gasteiger partial charge in [0, 0.05) is 18.2 Å². The zero-order chi connectivity index (χ0) is 13.4. The number of aromatic nitrogens is 1. The van der Waals surface area contributed by atoms with E-state index in [1.54, 1.807) is 6.07 Å². The maximum absolute atomic E-state index is 10.7. The summed E-state index contributed by atoms with van der Waals surface area (Å²) in [5.41, 5.74) is 1.11. The Morgan fingerprint density at radius 3 is 3.00 bits per heavy atom. The van der Waals surface area contributed by atoms with Gasteiger partial charge in [-0.05, 0) is 31.2 Å². The van der Waals surface area contributed by atoms with Crippen LogP contribution in [0.2, 0.25) is 0 Å². The summed E-state index contributed by atoms with van der Waals surface area (Å²) in [6.45, 7) is 2.23. The first kappa shape index (κ1) is 12.0. The summed E-state index contributed by atoms with van der Waals surface area (Å²) in [5.74, 6) is 0.725. The Hall–Kier alpha value is -2.11. The number of anilines is 1. The quantitative estimate of drug-likeness (QED) is 0.677. The molecule has 0 spiro atoms. The summed E-state index contributed by atoms with van der Waals surface area (Å²) >= 11 is 0. The van der Waals surface area contributed by atoms with Crippen molar-refractivity contribution in [2.45, 2.75) is 32.2 Å². The van der Waals surface area contributed by atoms with Crippen LogP contribution < -0.4 is 5.32 Å². The van der Waals surface area contributed by atoms with Gasteiger partial charge in [0.15, 0.2) is 5.58 Å². The Labute approximate surface area is 110 Å². The fourth-order valence-electron chi connectivity index (χ4n) is 2.60. The molecule has 2 atom stereocenters. The number of benzene rings is 1. The molecule has 1 aliphatic carbocycles. The van der Waals surface area contributed by atoms with E-state index in [1.165, 1.54) is 18.6 Å². The third-order valence-corrected chi connectivity index (χ3v) is 3.60. The molecule has 1 N–H and O–H groups in total. The molecule has 6 heteroatoms. The molecule has 19 heavy (non-hydrogen) atoms. The highest BCUT2D eigenvalue weighted by Crippen LogP contribution is 2.29. The molecule has 1 aromatic carbocycles. The highest BCUT2D eigenvalue weighted by Gasteiger charge is 2.22. The van der Waals surface area contributed by atoms with Gasteiger partial charge in [0.2, 0.25) is 0 Å². The molecule has 1 fully saturated rings. The molecule has 1 aliphatic rings. The average Bonchev–Trinajstić information content (AvgIpc) is 2.94. The van der Waals surface area contributed by atoms with E-state index in [0.29, 0.717) is 23.2 Å². The van der Waals surface area contributed by atoms with Crippen molar-refractivity contribution in [3.05, 3.63) is 28.3 Å². The van der Waals surface area contributed by atoms with Gasteiger partial charge in [0.25, 0.3) is 11.7 Å². The zero-order valence-electron chi connectivity index (χ0n) is 10.6. The lowest BCUT2D eigenvalue weighted by atomic mass is 10.1. The molecule has 6 nitrogen and oxygen atoms in total. The highest BCUT2D eigenvalue weighted by molar-refractivity contribution is 5.77. The number of nitrogens with zero attached hydrogens (tertiary/aromatic N) is 2. The van der Waals surface area contributed by atoms with Crippen LogP contribution in [-0.4, -0.2) is 15.9 Å². The van der Waals surface area contributed by atoms with Gasteiger partial charge < -0.3 is 9.73 Å². The molecular weight excluding hydrogens is 246 g/mol. The van der Waals surface area contributed by atoms with Crippen LogP contribution in [0, 0.1) is 16.0 Å². The second-order valence-corrected chi connectivity index (χ2v) is 5.19. The number of nitrogens with one attached hydrogen (secondary N) is 1. The molecule has 100 valence electrons. The summed E-state index contributed by atoms with van der Waals surface area (Å²) in [4.78, 5) is 14.5. The van der Waals surface area contributed by atoms with Crippen LogP contribution >= 0.6 is 0 Å². The lowest BCUT2D eigenvalue weighted by Crippen LogP contribution is -2.15. The van der Waals surface area contributed by atoms with E-state index in [-0.39, 0.29) is 5.69 Å². The van der Waals surface area contributed by atoms with Crippen molar-refractivity contribution in [2.75, 3.05) is 5.32 Å². The fraction of sp³-hybridized carbons (Fsp3) is 0.462. The second-order valence-electron chi connectivity index (χ2n) is 5.19. The summed E-state index contributed by atoms with van der Waals surface area (Å²) in [6, 6.07) is 5.28. The molecule has 1 aromatic heterocycles. The number of oxazole rings is 1. The van der Waals surface area contributed by atoms with E-state index in [9.17, 15) is 10.1 Å². The third kappa shape index (κ3) is 2.38. The molecular formula is C13H15N3O3. The predicted octanol–water partition coefficient (Wildman–Crippen LogP) is 3.34. The maximum Gasteiger partial charge on any atom is 0.295 e. The number of rotatable bonds is 3. The Bertz CT molecular complexity index is 623. The van der Waals surface area contributed by atoms with Crippen molar-refractivity contribution in [2.24, 2.45) is 5.92 Å². The third-order valence-electron chi connectivity index (χ3n) is 3.60. The maximum atomic E-state index is 10.7. The Morgan fingerprint density at radius 1 is 1.47 bits per heavy atom. The van der Waals surface area contributed by atoms with Crippen molar-refractivity contribution in [3.63, 3.8) is 0 Å². The smallest absolute Gasteiger partial charge is 0.295 e. The molecule has 3 rings (SSSR count). The first-order valence-electron chi connectivity index (χ1n) is 6.43. The van der Waals surface area contributed by atoms with Crippen molar-refractivity contribution >= 4 is 22.8 Å². The number of nitro groups is 1. The van der Waals surface area contributed by atoms with E-state index in [4.69, 9.17) is 4.42 Å². The van der Waals surface area contributed by atoms with E-state index >= 15 is 0 Å². The van der Waals surface area contributed by atoms with Gasteiger partial charge in [-0.15, -0.1) is 0 Å². The number of fused-ring (bicyclic) bond motifs is 1. The average molecular weight is 261 g/mol. The Kier molecular flexibility index (Phi) is 2.85. The number of non-ortho nitro benzene ring substituents is 1. The van der Waals surface area contributed by atoms with E-state index in [0.717, 1.165) is 18.8 Å². The van der Waals surface area contributed by atoms with Crippen LogP contribution in [0.3, 0.4) is 0 Å². The van der Waals surface area contributed by atoms with Crippen LogP contribution in [0.5, 0.6) is 0 Å². The van der Waals surface area contributed by atoms with Gasteiger partial charge in [-0.25, -0.2) is 0 Å². The van der Waals surface area contributed by atoms with Gasteiger partial charge in [0.05, 0.1) is 4.92 Å². The standard InChI is InChI=1S/C13H15N3O3/c1-8-2-3-9(6-8)14-13-15-11-7-10(16(17)18)4-5-12(11)19-13/h4-5,7-9H,2-3,6H2,1H3,(H,14,15). The SMILES string of the molecule is CC1CCC(Nc2nc3cc([N+](=O)[O-])ccc3o2)C1. The summed E-state index contributed by atoms with van der Waals surface area (Å²) in [6.07, 6.45) is 3.43. The van der Waals surface area contributed by atoms with Gasteiger partial charge in [-0.1, -0.05) is 6.92 Å². The van der Waals surface area contributed by atoms with Gasteiger partial charge in [-0.2, -0.15) is 4.98 Å². The lowest BCUT2D eigenvalue weighted by molar-refractivity contribution is -0.384. The molecule has 0 bridgehead atoms. The molecule has 1 saturated carbocycles. The van der Waals surface area contributed by atoms with E-state index in [2.05, 4.69) is 17.2 Å². The van der Waals surface area contributed by atoms with Crippen LogP contribution in [0.4, 0.5) is 11.7 Å². The summed E-state index contributed by atoms with van der Waals surface area (Å²) in [7, 11) is 0. The van der Waals surface area contributed by atoms with E-state index in [1.807, 2.05) is 0 Å². The van der Waals surface area contributed by atoms with Crippen molar-refractivity contribution in [1.82, 2.24) is 4.98 Å². The fourth-order valence-corrected chi connectivity index (χ4v) is 2.60. The van der Waals surface area contributed by atoms with Crippen molar-refractivity contribution in [1.29, 1.82) is 0 Å². The monoisotopic (exact) mass is 261 g/mol. The molecule has 0 amide bonds. The summed E-state index contributed by atoms with van der Waals surface area (Å²) in [5, 5.41) is 14.0. The van der Waals surface area contributed by atoms with Crippen LogP contribution in [0.25, 0.3) is 11.1 Å². The van der Waals surface area contributed by atoms with Crippen LogP contribution in [0.15, 0.2) is 22.6 Å². The Balaban J connectivity index is 1.83. The predicted molar refractivity (Wildman–Crippen MR) is 71.1 cm³/mol. The molecule has 1 heterocycles. The van der Waals surface area contributed by atoms with E-state index < -0.39 is 4.92 Å². The molecule has 2 aromatic rings. The van der Waals surface area contributed by atoms with Crippen LogP contribution in [0.1, 0.15) is 26.2 Å². The number of nitro benzene ring substituents is 1. The number of hydrogen-bond donors (Lipinski definition) is 1. The first-order chi connectivity index (χ1) is 9.11. The molecule has 0 saturated heterocycles. The number of hydrogen-bond acceptors (Lipinski definition) is 5. The summed E-state index contributed by atoms with van der Waals surface area (Å²) < 4.78 is 5.56. The van der Waals surface area contributed by atoms with Crippen LogP contribution in [-0.2, 0) is 0 Å². The lowest BCUT2D eigenvalue weighted by Gasteiger charge is -2.09. The zero-order valence-corrected chi connectivity index (χ0v) is 10.6. The van der Waals surface area contributed by atoms with Crippen molar-refractivity contribution in [3.8, 4) is 0 Å². The largest absolute Gasteiger partial charge is 0.424 e. The first-order valence-corrected chi connectivity index (χ1v) is 6.43. The van der Waals surface area contributed by atoms with Crippen molar-refractivity contribution < 1.29 is 9.34 Å². The van der Waals surface area contributed by atoms with Gasteiger partial charge in [0.1, 0.15) is 5.52 Å². The highest BCUT2D eigenvalue weighted by atomic mass is 16.6. The minimum atomic E-state index is -0.431. The van der Waals surface area contributed by atoms with Gasteiger partial charge in [-0.3, -0.25) is 10.1 Å². The van der Waals surface area contributed by atoms with Gasteiger partial charge >= 0.3 is 0 Å². The normalized spacial score (nSPS) is 22.8. The topological polar surface area (TPSA) is 81.2 Å².